The highest BCUT2D eigenvalue weighted by Gasteiger charge is 2.15. The van der Waals surface area contributed by atoms with Crippen LogP contribution in [0.2, 0.25) is 0 Å². The Kier molecular flexibility index (Phi) is 3.99. The van der Waals surface area contributed by atoms with Gasteiger partial charge in [0.1, 0.15) is 11.6 Å². The largest absolute Gasteiger partial charge is 0.313 e. The van der Waals surface area contributed by atoms with Gasteiger partial charge in [-0.05, 0) is 37.2 Å². The summed E-state index contributed by atoms with van der Waals surface area (Å²) in [4.78, 5) is 3.94. The van der Waals surface area contributed by atoms with E-state index in [0.717, 1.165) is 11.6 Å². The number of benzene rings is 1. The third kappa shape index (κ3) is 2.90. The molecule has 2 aromatic rings. The van der Waals surface area contributed by atoms with Crippen molar-refractivity contribution < 1.29 is 8.78 Å². The summed E-state index contributed by atoms with van der Waals surface area (Å²) in [5.74, 6) is -1.08. The van der Waals surface area contributed by atoms with E-state index in [-0.39, 0.29) is 6.04 Å². The van der Waals surface area contributed by atoms with Crippen molar-refractivity contribution in [3.63, 3.8) is 0 Å². The van der Waals surface area contributed by atoms with Crippen molar-refractivity contribution in [3.05, 3.63) is 65.5 Å². The molecule has 2 nitrogen and oxygen atoms in total. The first-order valence-electron chi connectivity index (χ1n) is 5.72. The molecule has 4 heteroatoms. The maximum atomic E-state index is 13.7. The van der Waals surface area contributed by atoms with Crippen LogP contribution in [0.15, 0.2) is 42.7 Å². The molecule has 0 aliphatic carbocycles. The van der Waals surface area contributed by atoms with Gasteiger partial charge in [0, 0.05) is 30.1 Å². The summed E-state index contributed by atoms with van der Waals surface area (Å²) in [5, 5.41) is 3.04. The molecule has 0 bridgehead atoms. The van der Waals surface area contributed by atoms with Crippen LogP contribution in [-0.2, 0) is 6.42 Å². The Bertz CT molecular complexity index is 514. The van der Waals surface area contributed by atoms with E-state index >= 15 is 0 Å². The summed E-state index contributed by atoms with van der Waals surface area (Å²) in [7, 11) is 1.76. The predicted molar refractivity (Wildman–Crippen MR) is 66.1 cm³/mol. The van der Waals surface area contributed by atoms with Gasteiger partial charge in [0.05, 0.1) is 0 Å². The molecule has 18 heavy (non-hydrogen) atoms. The second kappa shape index (κ2) is 5.69. The standard InChI is InChI=1S/C14H14F2N2/c1-17-14(8-10-4-6-18-7-5-10)12-3-2-11(15)9-13(12)16/h2-7,9,14,17H,8H2,1H3. The van der Waals surface area contributed by atoms with Crippen molar-refractivity contribution in [1.29, 1.82) is 0 Å². The molecular formula is C14H14F2N2. The predicted octanol–water partition coefficient (Wildman–Crippen LogP) is 2.86. The van der Waals surface area contributed by atoms with E-state index in [1.807, 2.05) is 12.1 Å². The highest BCUT2D eigenvalue weighted by molar-refractivity contribution is 5.24. The van der Waals surface area contributed by atoms with E-state index in [0.29, 0.717) is 12.0 Å². The molecule has 0 aliphatic rings. The van der Waals surface area contributed by atoms with Gasteiger partial charge in [-0.1, -0.05) is 6.07 Å². The molecule has 1 aromatic carbocycles. The van der Waals surface area contributed by atoms with Gasteiger partial charge in [-0.25, -0.2) is 8.78 Å². The number of likely N-dealkylation sites (N-methyl/N-ethyl adjacent to an activating group) is 1. The molecule has 0 saturated carbocycles. The number of nitrogens with one attached hydrogen (secondary N) is 1. The highest BCUT2D eigenvalue weighted by atomic mass is 19.1. The molecule has 0 saturated heterocycles. The molecule has 0 fully saturated rings. The van der Waals surface area contributed by atoms with E-state index in [4.69, 9.17) is 0 Å². The maximum Gasteiger partial charge on any atom is 0.130 e. The van der Waals surface area contributed by atoms with Crippen LogP contribution in [0.1, 0.15) is 17.2 Å². The normalized spacial score (nSPS) is 12.4. The van der Waals surface area contributed by atoms with Gasteiger partial charge in [-0.15, -0.1) is 0 Å². The zero-order chi connectivity index (χ0) is 13.0. The van der Waals surface area contributed by atoms with Crippen molar-refractivity contribution in [2.75, 3.05) is 7.05 Å². The van der Waals surface area contributed by atoms with Crippen molar-refractivity contribution in [2.24, 2.45) is 0 Å². The molecule has 94 valence electrons. The van der Waals surface area contributed by atoms with E-state index in [1.165, 1.54) is 12.1 Å². The van der Waals surface area contributed by atoms with E-state index in [1.54, 1.807) is 19.4 Å². The van der Waals surface area contributed by atoms with Crippen molar-refractivity contribution in [1.82, 2.24) is 10.3 Å². The second-order valence-electron chi connectivity index (χ2n) is 4.07. The van der Waals surface area contributed by atoms with Gasteiger partial charge in [0.15, 0.2) is 0 Å². The second-order valence-corrected chi connectivity index (χ2v) is 4.07. The third-order valence-electron chi connectivity index (χ3n) is 2.88. The third-order valence-corrected chi connectivity index (χ3v) is 2.88. The Hall–Kier alpha value is -1.81. The smallest absolute Gasteiger partial charge is 0.130 e. The minimum atomic E-state index is -0.560. The SMILES string of the molecule is CNC(Cc1ccncc1)c1ccc(F)cc1F. The maximum absolute atomic E-state index is 13.7. The summed E-state index contributed by atoms with van der Waals surface area (Å²) < 4.78 is 26.6. The molecule has 1 atom stereocenters. The molecule has 1 aromatic heterocycles. The Morgan fingerprint density at radius 2 is 1.89 bits per heavy atom. The van der Waals surface area contributed by atoms with Crippen LogP contribution in [0.25, 0.3) is 0 Å². The number of aromatic nitrogens is 1. The van der Waals surface area contributed by atoms with Crippen LogP contribution < -0.4 is 5.32 Å². The molecule has 1 N–H and O–H groups in total. The lowest BCUT2D eigenvalue weighted by Gasteiger charge is -2.17. The lowest BCUT2D eigenvalue weighted by atomic mass is 9.99. The molecule has 0 spiro atoms. The molecule has 0 aliphatic heterocycles. The van der Waals surface area contributed by atoms with Gasteiger partial charge in [-0.3, -0.25) is 4.98 Å². The minimum absolute atomic E-state index is 0.187. The number of halogens is 2. The van der Waals surface area contributed by atoms with E-state index in [2.05, 4.69) is 10.3 Å². The molecule has 2 rings (SSSR count). The fourth-order valence-corrected chi connectivity index (χ4v) is 1.91. The first-order chi connectivity index (χ1) is 8.70. The topological polar surface area (TPSA) is 24.9 Å². The zero-order valence-electron chi connectivity index (χ0n) is 10.0. The molecule has 1 unspecified atom stereocenters. The summed E-state index contributed by atoms with van der Waals surface area (Å²) in [6.07, 6.45) is 4.02. The number of hydrogen-bond donors (Lipinski definition) is 1. The van der Waals surface area contributed by atoms with Crippen molar-refractivity contribution in [3.8, 4) is 0 Å². The first kappa shape index (κ1) is 12.6. The van der Waals surface area contributed by atoms with Crippen LogP contribution in [0.3, 0.4) is 0 Å². The fourth-order valence-electron chi connectivity index (χ4n) is 1.91. The molecule has 0 amide bonds. The highest BCUT2D eigenvalue weighted by Crippen LogP contribution is 2.21. The number of hydrogen-bond acceptors (Lipinski definition) is 2. The van der Waals surface area contributed by atoms with Gasteiger partial charge in [0.2, 0.25) is 0 Å². The molecule has 1 heterocycles. The van der Waals surface area contributed by atoms with Gasteiger partial charge < -0.3 is 5.32 Å². The minimum Gasteiger partial charge on any atom is -0.313 e. The number of nitrogens with zero attached hydrogens (tertiary/aromatic N) is 1. The van der Waals surface area contributed by atoms with Crippen molar-refractivity contribution in [2.45, 2.75) is 12.5 Å². The average molecular weight is 248 g/mol. The summed E-state index contributed by atoms with van der Waals surface area (Å²) in [6, 6.07) is 7.24. The number of pyridine rings is 1. The quantitative estimate of drug-likeness (QED) is 0.900. The Morgan fingerprint density at radius 3 is 2.50 bits per heavy atom. The fraction of sp³-hybridized carbons (Fsp3) is 0.214. The Balaban J connectivity index is 2.23. The number of rotatable bonds is 4. The van der Waals surface area contributed by atoms with Gasteiger partial charge >= 0.3 is 0 Å². The van der Waals surface area contributed by atoms with Crippen LogP contribution in [0.4, 0.5) is 8.78 Å². The first-order valence-corrected chi connectivity index (χ1v) is 5.72. The zero-order valence-corrected chi connectivity index (χ0v) is 10.0. The van der Waals surface area contributed by atoms with Crippen LogP contribution in [0.5, 0.6) is 0 Å². The van der Waals surface area contributed by atoms with Gasteiger partial charge in [-0.2, -0.15) is 0 Å². The molecular weight excluding hydrogens is 234 g/mol. The van der Waals surface area contributed by atoms with Gasteiger partial charge in [0.25, 0.3) is 0 Å². The molecule has 0 radical (unpaired) electrons. The lowest BCUT2D eigenvalue weighted by molar-refractivity contribution is 0.521. The van der Waals surface area contributed by atoms with E-state index < -0.39 is 11.6 Å². The van der Waals surface area contributed by atoms with Crippen LogP contribution >= 0.6 is 0 Å². The Morgan fingerprint density at radius 1 is 1.17 bits per heavy atom. The summed E-state index contributed by atoms with van der Waals surface area (Å²) in [6.45, 7) is 0. The lowest BCUT2D eigenvalue weighted by Crippen LogP contribution is -2.20. The monoisotopic (exact) mass is 248 g/mol. The summed E-state index contributed by atoms with van der Waals surface area (Å²) >= 11 is 0. The van der Waals surface area contributed by atoms with E-state index in [9.17, 15) is 8.78 Å². The summed E-state index contributed by atoms with van der Waals surface area (Å²) in [5.41, 5.74) is 1.52. The average Bonchev–Trinajstić information content (AvgIpc) is 2.38. The van der Waals surface area contributed by atoms with Crippen LogP contribution in [-0.4, -0.2) is 12.0 Å². The Labute approximate surface area is 105 Å². The van der Waals surface area contributed by atoms with Crippen LogP contribution in [0, 0.1) is 11.6 Å². The van der Waals surface area contributed by atoms with Crippen molar-refractivity contribution >= 4 is 0 Å².